The van der Waals surface area contributed by atoms with Crippen LogP contribution in [0.2, 0.25) is 20.1 Å². The number of imidazole rings is 2. The first kappa shape index (κ1) is 56.2. The smallest absolute Gasteiger partial charge is 0.870 e. The Morgan fingerprint density at radius 1 is 0.651 bits per heavy atom. The Kier molecular flexibility index (Phi) is 13.8. The van der Waals surface area contributed by atoms with Crippen LogP contribution in [0.5, 0.6) is 0 Å². The van der Waals surface area contributed by atoms with Crippen molar-refractivity contribution in [3.8, 4) is 0 Å². The molecule has 4 aromatic carbocycles. The molecular weight excluding hydrogens is 1160 g/mol. The van der Waals surface area contributed by atoms with E-state index in [4.69, 9.17) is 61.1 Å². The molecule has 16 rings (SSSR count). The predicted octanol–water partition coefficient (Wildman–Crippen LogP) is 8.60. The Labute approximate surface area is 515 Å². The number of hydrogen-bond donors (Lipinski definition) is 3. The third-order valence-corrected chi connectivity index (χ3v) is 19.7. The number of carbonyl (C=O) groups is 4. The van der Waals surface area contributed by atoms with Crippen molar-refractivity contribution in [3.63, 3.8) is 0 Å². The molecule has 0 unspecified atom stereocenters. The Balaban J connectivity index is 0.000000152. The fourth-order valence-electron chi connectivity index (χ4n) is 15.2. The molecule has 15 nitrogen and oxygen atoms in total. The maximum Gasteiger partial charge on any atom is 1.00 e. The first-order chi connectivity index (χ1) is 39.1. The minimum Gasteiger partial charge on any atom is -0.870 e. The van der Waals surface area contributed by atoms with E-state index in [-0.39, 0.29) is 86.4 Å². The molecule has 2 saturated carbocycles. The van der Waals surface area contributed by atoms with Crippen molar-refractivity contribution in [2.24, 2.45) is 11.8 Å². The molecule has 8 heterocycles. The maximum atomic E-state index is 16.1. The number of esters is 1. The van der Waals surface area contributed by atoms with Gasteiger partial charge in [0.15, 0.2) is 0 Å². The molecule has 4 N–H and O–H groups in total. The van der Waals surface area contributed by atoms with Crippen LogP contribution in [-0.2, 0) is 38.2 Å². The largest absolute Gasteiger partial charge is 1.00 e. The first-order valence-electron chi connectivity index (χ1n) is 27.1. The number of aromatic carboxylic acids is 1. The number of anilines is 2. The fourth-order valence-corrected chi connectivity index (χ4v) is 15.9. The van der Waals surface area contributed by atoms with Gasteiger partial charge in [-0.25, -0.2) is 28.3 Å². The van der Waals surface area contributed by atoms with E-state index >= 15 is 8.78 Å². The number of pyridine rings is 2. The summed E-state index contributed by atoms with van der Waals surface area (Å²) >= 11 is 25.4. The molecule has 0 radical (unpaired) electrons. The number of ether oxygens (including phenoxy) is 1. The Morgan fingerprint density at radius 3 is 1.51 bits per heavy atom. The summed E-state index contributed by atoms with van der Waals surface area (Å²) in [4.78, 5) is 67.3. The molecule has 4 aliphatic carbocycles. The summed E-state index contributed by atoms with van der Waals surface area (Å²) in [5.74, 6) is -3.89. The minimum atomic E-state index is -1.19. The van der Waals surface area contributed by atoms with Gasteiger partial charge in [-0.2, -0.15) is 0 Å². The SMILES string of the molecule is COC(=O)c1ccn2c3c(nc2c1)[C@@H]1[C@H](C3)N(CC2CC2)[C@@]2(C(=O)Nc3cc(Cl)ccc32)[C@H]1c1cccc(Cl)c1F.O=C(O)c1ccn2c3c(nc2c1)[C@@H]1[C@H](C3)N(CC2CC2)[C@@]2(C(=O)Nc3cc(Cl)ccc32)[C@H]1c1cccc(Cl)c1F.[Na+].[OH-]. The van der Waals surface area contributed by atoms with E-state index in [1.54, 1.807) is 79.0 Å². The van der Waals surface area contributed by atoms with Crippen molar-refractivity contribution in [2.75, 3.05) is 30.8 Å². The van der Waals surface area contributed by atoms with Crippen LogP contribution in [0.4, 0.5) is 20.2 Å². The zero-order chi connectivity index (χ0) is 55.7. The second-order valence-corrected chi connectivity index (χ2v) is 24.5. The molecule has 4 aliphatic heterocycles. The van der Waals surface area contributed by atoms with E-state index in [1.165, 1.54) is 19.2 Å². The predicted molar refractivity (Wildman–Crippen MR) is 302 cm³/mol. The third-order valence-electron chi connectivity index (χ3n) is 18.7. The van der Waals surface area contributed by atoms with Crippen molar-refractivity contribution < 1.29 is 72.8 Å². The van der Waals surface area contributed by atoms with Crippen molar-refractivity contribution in [3.05, 3.63) is 197 Å². The summed E-state index contributed by atoms with van der Waals surface area (Å²) in [5.41, 5.74) is 6.47. The van der Waals surface area contributed by atoms with Crippen LogP contribution in [0.1, 0.15) is 115 Å². The molecule has 2 amide bonds. The van der Waals surface area contributed by atoms with Crippen LogP contribution in [0.25, 0.3) is 11.3 Å². The van der Waals surface area contributed by atoms with Crippen LogP contribution in [0, 0.1) is 23.5 Å². The minimum absolute atomic E-state index is 0. The number of nitrogens with zero attached hydrogens (tertiary/aromatic N) is 6. The number of amides is 2. The van der Waals surface area contributed by atoms with Crippen molar-refractivity contribution in [1.82, 2.24) is 28.6 Å². The standard InChI is InChI=1S/C31H25Cl2FN4O3.C30H23Cl2FN4O3.Na.H2O/c1-41-29(39)16-9-10-37-23-13-22-25(28(23)36-24(37)11-16)26(18-3-2-4-20(33)27(18)34)31(38(22)14-15-5-6-15)19-8-7-17(32)12-21(19)35-30(31)40;31-16-6-7-18-20(11-16)34-29(40)30(18)25(17-2-1-3-19(32)26(17)33)24-21(37(30)13-14-4-5-14)12-22-27(24)35-23-10-15(28(38)39)8-9-36(22)23;;/h2-4,7-12,15,22,25-26H,5-6,13-14H2,1H3,(H,35,40);1-3,6-11,14,21,24-25H,4-5,12-13H2,(H,34,40)(H,38,39);;1H2/q;;+1;/p-1/t22-,25+,26-,31+;21-,24+,25-,30+;;/m00../s1. The average molecular weight is 1210 g/mol. The molecule has 4 aromatic heterocycles. The zero-order valence-corrected chi connectivity index (χ0v) is 49.6. The molecular formula is C61H49Cl4F2N8NaO7. The number of nitrogens with one attached hydrogen (secondary N) is 2. The summed E-state index contributed by atoms with van der Waals surface area (Å²) in [6.45, 7) is 1.42. The first-order valence-corrected chi connectivity index (χ1v) is 28.6. The normalized spacial score (nSPS) is 25.9. The second kappa shape index (κ2) is 20.4. The van der Waals surface area contributed by atoms with E-state index in [1.807, 2.05) is 27.1 Å². The number of benzene rings is 4. The molecule has 4 fully saturated rings. The maximum absolute atomic E-state index is 16.1. The van der Waals surface area contributed by atoms with Crippen molar-refractivity contribution >= 4 is 92.8 Å². The van der Waals surface area contributed by atoms with Crippen LogP contribution < -0.4 is 40.2 Å². The topological polar surface area (TPSA) is 193 Å². The molecule has 418 valence electrons. The summed E-state index contributed by atoms with van der Waals surface area (Å²) < 4.78 is 41.0. The number of fused-ring (bicyclic) bond motifs is 14. The van der Waals surface area contributed by atoms with Gasteiger partial charge in [0.2, 0.25) is 11.8 Å². The molecule has 8 atom stereocenters. The van der Waals surface area contributed by atoms with Gasteiger partial charge in [0.05, 0.1) is 39.7 Å². The summed E-state index contributed by atoms with van der Waals surface area (Å²) in [5, 5.41) is 16.8. The van der Waals surface area contributed by atoms with Gasteiger partial charge in [-0.05, 0) is 109 Å². The molecule has 8 aliphatic rings. The molecule has 0 bridgehead atoms. The van der Waals surface area contributed by atoms with Gasteiger partial charge in [-0.3, -0.25) is 19.4 Å². The summed E-state index contributed by atoms with van der Waals surface area (Å²) in [7, 11) is 1.34. The zero-order valence-electron chi connectivity index (χ0n) is 44.6. The molecule has 2 saturated heterocycles. The number of likely N-dealkylation sites (tertiary alicyclic amines) is 2. The van der Waals surface area contributed by atoms with Gasteiger partial charge in [-0.15, -0.1) is 0 Å². The molecule has 8 aromatic rings. The van der Waals surface area contributed by atoms with Gasteiger partial charge in [0.25, 0.3) is 0 Å². The van der Waals surface area contributed by atoms with E-state index < -0.39 is 46.5 Å². The van der Waals surface area contributed by atoms with Gasteiger partial charge >= 0.3 is 41.5 Å². The van der Waals surface area contributed by atoms with E-state index in [0.717, 1.165) is 59.6 Å². The number of rotatable bonds is 8. The summed E-state index contributed by atoms with van der Waals surface area (Å²) in [6.07, 6.45) is 9.16. The van der Waals surface area contributed by atoms with Crippen molar-refractivity contribution in [1.29, 1.82) is 0 Å². The number of carboxylic acids is 1. The van der Waals surface area contributed by atoms with E-state index in [9.17, 15) is 24.3 Å². The number of hydrogen-bond acceptors (Lipinski definition) is 10. The summed E-state index contributed by atoms with van der Waals surface area (Å²) in [6, 6.07) is 27.2. The number of carbonyl (C=O) groups excluding carboxylic acids is 3. The van der Waals surface area contributed by atoms with Gasteiger partial charge in [0, 0.05) is 118 Å². The molecule has 22 heteroatoms. The van der Waals surface area contributed by atoms with E-state index in [2.05, 4.69) is 20.4 Å². The third kappa shape index (κ3) is 8.16. The van der Waals surface area contributed by atoms with Gasteiger partial charge < -0.3 is 34.8 Å². The number of carboxylic acid groups (broad SMARTS) is 1. The van der Waals surface area contributed by atoms with Crippen LogP contribution in [0.3, 0.4) is 0 Å². The second-order valence-electron chi connectivity index (χ2n) is 22.8. The quantitative estimate of drug-likeness (QED) is 0.0975. The Bertz CT molecular complexity index is 4120. The van der Waals surface area contributed by atoms with Crippen molar-refractivity contribution in [2.45, 2.75) is 85.4 Å². The number of methoxy groups -OCH3 is 1. The Morgan fingerprint density at radius 2 is 1.08 bits per heavy atom. The van der Waals surface area contributed by atoms with Crippen LogP contribution in [-0.4, -0.2) is 95.2 Å². The Hall–Kier alpha value is -5.96. The average Bonchev–Trinajstić information content (AvgIpc) is 2.78. The molecule has 83 heavy (non-hydrogen) atoms. The monoisotopic (exact) mass is 1210 g/mol. The molecule has 2 spiro atoms. The van der Waals surface area contributed by atoms with Gasteiger partial charge in [-0.1, -0.05) is 82.8 Å². The van der Waals surface area contributed by atoms with E-state index in [0.29, 0.717) is 87.2 Å². The van der Waals surface area contributed by atoms with Gasteiger partial charge in [0.1, 0.15) is 34.0 Å². The van der Waals surface area contributed by atoms with Crippen LogP contribution >= 0.6 is 46.4 Å². The van der Waals surface area contributed by atoms with Crippen LogP contribution in [0.15, 0.2) is 109 Å². The fraction of sp³-hybridized carbons (Fsp3) is 0.311. The number of aromatic nitrogens is 4. The number of halogens is 6.